The Morgan fingerprint density at radius 1 is 0.742 bits per heavy atom. The van der Waals surface area contributed by atoms with E-state index in [1.54, 1.807) is 0 Å². The minimum absolute atomic E-state index is 0.0417. The fourth-order valence-corrected chi connectivity index (χ4v) is 10.9. The van der Waals surface area contributed by atoms with Gasteiger partial charge in [0.25, 0.3) is 0 Å². The van der Waals surface area contributed by atoms with Crippen LogP contribution in [0, 0.1) is 75.9 Å². The molecule has 0 unspecified atom stereocenters. The number of aliphatic hydroxyl groups excluding tert-OH is 1. The number of hydrogen-bond acceptors (Lipinski definition) is 1. The zero-order chi connectivity index (χ0) is 22.3. The van der Waals surface area contributed by atoms with Crippen LogP contribution in [-0.2, 0) is 0 Å². The van der Waals surface area contributed by atoms with Crippen LogP contribution in [0.25, 0.3) is 0 Å². The highest BCUT2D eigenvalue weighted by atomic mass is 16.3. The van der Waals surface area contributed by atoms with Crippen LogP contribution in [0.5, 0.6) is 0 Å². The van der Waals surface area contributed by atoms with Gasteiger partial charge in [-0.1, -0.05) is 48.5 Å². The Labute approximate surface area is 193 Å². The number of rotatable bonds is 4. The second kappa shape index (κ2) is 7.74. The molecule has 0 saturated heterocycles. The van der Waals surface area contributed by atoms with Crippen molar-refractivity contribution >= 4 is 0 Å². The van der Waals surface area contributed by atoms with Crippen LogP contribution in [0.3, 0.4) is 0 Å². The lowest BCUT2D eigenvalue weighted by Crippen LogP contribution is -2.56. The molecule has 1 nitrogen and oxygen atoms in total. The van der Waals surface area contributed by atoms with E-state index in [0.717, 1.165) is 65.6 Å². The Morgan fingerprint density at radius 3 is 2.10 bits per heavy atom. The third kappa shape index (κ3) is 3.32. The maximum Gasteiger partial charge on any atom is 0.0568 e. The smallest absolute Gasteiger partial charge is 0.0568 e. The van der Waals surface area contributed by atoms with Crippen LogP contribution in [0.4, 0.5) is 0 Å². The quantitative estimate of drug-likeness (QED) is 0.484. The van der Waals surface area contributed by atoms with Crippen molar-refractivity contribution in [1.29, 1.82) is 0 Å². The molecule has 0 aromatic heterocycles. The highest BCUT2D eigenvalue weighted by Crippen LogP contribution is 2.70. The monoisotopic (exact) mass is 428 g/mol. The lowest BCUT2D eigenvalue weighted by atomic mass is 9.43. The van der Waals surface area contributed by atoms with Crippen LogP contribution in [0.2, 0.25) is 0 Å². The van der Waals surface area contributed by atoms with E-state index >= 15 is 0 Å². The van der Waals surface area contributed by atoms with E-state index in [1.165, 1.54) is 51.4 Å². The molecule has 5 saturated carbocycles. The first-order valence-corrected chi connectivity index (χ1v) is 14.3. The summed E-state index contributed by atoms with van der Waals surface area (Å²) in [6.45, 7) is 17.8. The van der Waals surface area contributed by atoms with E-state index in [4.69, 9.17) is 0 Å². The van der Waals surface area contributed by atoms with Crippen LogP contribution >= 0.6 is 0 Å². The molecule has 0 radical (unpaired) electrons. The van der Waals surface area contributed by atoms with E-state index in [0.29, 0.717) is 16.7 Å². The molecule has 0 bridgehead atoms. The Kier molecular flexibility index (Phi) is 5.68. The molecule has 0 amide bonds. The van der Waals surface area contributed by atoms with Gasteiger partial charge in [0.05, 0.1) is 6.10 Å². The first-order chi connectivity index (χ1) is 14.6. The van der Waals surface area contributed by atoms with Crippen molar-refractivity contribution < 1.29 is 5.11 Å². The Balaban J connectivity index is 1.32. The summed E-state index contributed by atoms with van der Waals surface area (Å²) >= 11 is 0. The molecule has 0 aromatic rings. The van der Waals surface area contributed by atoms with E-state index in [9.17, 15) is 5.11 Å². The van der Waals surface area contributed by atoms with Gasteiger partial charge in [-0.15, -0.1) is 0 Å². The second-order valence-electron chi connectivity index (χ2n) is 14.3. The molecule has 1 heteroatoms. The van der Waals surface area contributed by atoms with E-state index in [1.807, 2.05) is 0 Å². The summed E-state index contributed by atoms with van der Waals surface area (Å²) in [5.74, 6) is 9.87. The average Bonchev–Trinajstić information content (AvgIpc) is 3.44. The fraction of sp³-hybridized carbons (Fsp3) is 1.00. The number of fused-ring (bicyclic) bond motifs is 5. The van der Waals surface area contributed by atoms with Crippen LogP contribution in [0.15, 0.2) is 0 Å². The Hall–Kier alpha value is -0.0400. The van der Waals surface area contributed by atoms with Crippen molar-refractivity contribution in [3.05, 3.63) is 0 Å². The number of hydrogen-bond donors (Lipinski definition) is 1. The molecule has 31 heavy (non-hydrogen) atoms. The summed E-state index contributed by atoms with van der Waals surface area (Å²) in [6, 6.07) is 0. The highest BCUT2D eigenvalue weighted by molar-refractivity contribution is 5.11. The van der Waals surface area contributed by atoms with Gasteiger partial charge >= 0.3 is 0 Å². The van der Waals surface area contributed by atoms with Crippen molar-refractivity contribution in [2.75, 3.05) is 0 Å². The average molecular weight is 429 g/mol. The van der Waals surface area contributed by atoms with Gasteiger partial charge in [0.1, 0.15) is 0 Å². The van der Waals surface area contributed by atoms with Crippen LogP contribution in [-0.4, -0.2) is 11.2 Å². The predicted octanol–water partition coefficient (Wildman–Crippen LogP) is 7.82. The van der Waals surface area contributed by atoms with Gasteiger partial charge < -0.3 is 5.11 Å². The minimum atomic E-state index is -0.0417. The first kappa shape index (κ1) is 22.7. The molecule has 0 aliphatic heterocycles. The molecule has 1 N–H and O–H groups in total. The molecule has 5 aliphatic rings. The molecule has 0 aromatic carbocycles. The molecular formula is C30H52O. The summed E-state index contributed by atoms with van der Waals surface area (Å²) < 4.78 is 0. The summed E-state index contributed by atoms with van der Waals surface area (Å²) in [4.78, 5) is 0. The minimum Gasteiger partial charge on any atom is -0.393 e. The molecule has 0 spiro atoms. The molecule has 5 rings (SSSR count). The van der Waals surface area contributed by atoms with Crippen molar-refractivity contribution in [1.82, 2.24) is 0 Å². The summed E-state index contributed by atoms with van der Waals surface area (Å²) in [5.41, 5.74) is 1.11. The maximum atomic E-state index is 10.6. The molecule has 13 atom stereocenters. The Morgan fingerprint density at radius 2 is 1.39 bits per heavy atom. The first-order valence-electron chi connectivity index (χ1n) is 14.3. The van der Waals surface area contributed by atoms with Crippen molar-refractivity contribution in [3.8, 4) is 0 Å². The zero-order valence-electron chi connectivity index (χ0n) is 21.7. The topological polar surface area (TPSA) is 20.2 Å². The Bertz CT molecular complexity index is 669. The van der Waals surface area contributed by atoms with Gasteiger partial charge in [-0.25, -0.2) is 0 Å². The van der Waals surface area contributed by atoms with Crippen molar-refractivity contribution in [3.63, 3.8) is 0 Å². The molecular weight excluding hydrogens is 376 g/mol. The van der Waals surface area contributed by atoms with Gasteiger partial charge in [0.15, 0.2) is 0 Å². The van der Waals surface area contributed by atoms with Crippen molar-refractivity contribution in [2.24, 2.45) is 75.9 Å². The zero-order valence-corrected chi connectivity index (χ0v) is 21.7. The van der Waals surface area contributed by atoms with E-state index < -0.39 is 0 Å². The van der Waals surface area contributed by atoms with Crippen LogP contribution < -0.4 is 0 Å². The molecule has 178 valence electrons. The van der Waals surface area contributed by atoms with Gasteiger partial charge in [0, 0.05) is 0 Å². The third-order valence-electron chi connectivity index (χ3n) is 13.2. The van der Waals surface area contributed by atoms with Crippen molar-refractivity contribution in [2.45, 2.75) is 112 Å². The van der Waals surface area contributed by atoms with Gasteiger partial charge in [-0.3, -0.25) is 0 Å². The highest BCUT2D eigenvalue weighted by Gasteiger charge is 2.62. The standard InChI is InChI=1S/C30H52O/c1-17(2)18(3)22-16-23(22)19(4)24-10-11-26-21-8-9-25-20(5)28(31)13-15-30(25,7)27(21)12-14-29(24,26)6/h17-28,31H,8-16H2,1-7H3/t18-,19+,20-,21-,22-,23-,24+,25-,26-,27-,28-,29+,30-/m0/s1. The van der Waals surface area contributed by atoms with E-state index in [-0.39, 0.29) is 6.10 Å². The maximum absolute atomic E-state index is 10.6. The molecule has 5 aliphatic carbocycles. The largest absolute Gasteiger partial charge is 0.393 e. The predicted molar refractivity (Wildman–Crippen MR) is 131 cm³/mol. The normalized spacial score (nSPS) is 55.8. The fourth-order valence-electron chi connectivity index (χ4n) is 10.9. The van der Waals surface area contributed by atoms with Gasteiger partial charge in [-0.05, 0) is 134 Å². The van der Waals surface area contributed by atoms with Gasteiger partial charge in [-0.2, -0.15) is 0 Å². The summed E-state index contributed by atoms with van der Waals surface area (Å²) in [6.07, 6.45) is 12.7. The summed E-state index contributed by atoms with van der Waals surface area (Å²) in [5, 5.41) is 10.6. The van der Waals surface area contributed by atoms with Gasteiger partial charge in [0.2, 0.25) is 0 Å². The molecule has 0 heterocycles. The van der Waals surface area contributed by atoms with Crippen LogP contribution in [0.1, 0.15) is 106 Å². The van der Waals surface area contributed by atoms with E-state index in [2.05, 4.69) is 48.5 Å². The third-order valence-corrected chi connectivity index (χ3v) is 13.2. The lowest BCUT2D eigenvalue weighted by molar-refractivity contribution is -0.149. The molecule has 5 fully saturated rings. The summed E-state index contributed by atoms with van der Waals surface area (Å²) in [7, 11) is 0. The number of aliphatic hydroxyl groups is 1. The lowest BCUT2D eigenvalue weighted by Gasteiger charge is -2.62. The SMILES string of the molecule is CC(C)[C@H](C)[C@@H]1C[C@H]1[C@@H](C)[C@H]1CC[C@H]2[C@@H]3CC[C@H]4[C@H](C)[C@@H](O)CC[C@]4(C)[C@H]3CC[C@]12C. The second-order valence-corrected chi connectivity index (χ2v) is 14.3.